The lowest BCUT2D eigenvalue weighted by Crippen LogP contribution is -2.53. The van der Waals surface area contributed by atoms with Crippen molar-refractivity contribution >= 4 is 23.7 Å². The molecule has 144 valence electrons. The summed E-state index contributed by atoms with van der Waals surface area (Å²) < 4.78 is 0. The van der Waals surface area contributed by atoms with Crippen molar-refractivity contribution in [2.45, 2.75) is 59.2 Å². The second-order valence-corrected chi connectivity index (χ2v) is 6.81. The predicted molar refractivity (Wildman–Crippen MR) is 92.4 cm³/mol. The van der Waals surface area contributed by atoms with Gasteiger partial charge in [0.1, 0.15) is 12.1 Å². The van der Waals surface area contributed by atoms with Crippen molar-refractivity contribution in [1.29, 1.82) is 0 Å². The summed E-state index contributed by atoms with van der Waals surface area (Å²) in [5.41, 5.74) is 5.74. The second kappa shape index (κ2) is 10.7. The highest BCUT2D eigenvalue weighted by Gasteiger charge is 2.24. The lowest BCUT2D eigenvalue weighted by Gasteiger charge is -2.20. The number of aliphatic carboxylic acids is 1. The van der Waals surface area contributed by atoms with Crippen molar-refractivity contribution in [3.8, 4) is 0 Å². The SMILES string of the molecule is CC(C)CC(N)C(=O)NC(C)C(=O)NCC(=O)NC(C(=O)O)C(C)C. The van der Waals surface area contributed by atoms with Gasteiger partial charge < -0.3 is 26.8 Å². The maximum atomic E-state index is 11.9. The van der Waals surface area contributed by atoms with Crippen LogP contribution in [0.2, 0.25) is 0 Å². The number of hydrogen-bond donors (Lipinski definition) is 5. The molecule has 0 aromatic carbocycles. The Morgan fingerprint density at radius 3 is 1.96 bits per heavy atom. The minimum Gasteiger partial charge on any atom is -0.480 e. The highest BCUT2D eigenvalue weighted by Crippen LogP contribution is 2.03. The fourth-order valence-corrected chi connectivity index (χ4v) is 2.06. The van der Waals surface area contributed by atoms with Crippen LogP contribution in [0.5, 0.6) is 0 Å². The molecule has 6 N–H and O–H groups in total. The zero-order valence-electron chi connectivity index (χ0n) is 15.5. The summed E-state index contributed by atoms with van der Waals surface area (Å²) in [5.74, 6) is -2.81. The van der Waals surface area contributed by atoms with Crippen LogP contribution < -0.4 is 21.7 Å². The summed E-state index contributed by atoms with van der Waals surface area (Å²) in [6, 6.07) is -2.60. The zero-order valence-corrected chi connectivity index (χ0v) is 15.5. The molecule has 3 amide bonds. The average molecular weight is 358 g/mol. The van der Waals surface area contributed by atoms with Crippen LogP contribution in [0.3, 0.4) is 0 Å². The summed E-state index contributed by atoms with van der Waals surface area (Å²) in [6.45, 7) is 8.28. The molecule has 9 nitrogen and oxygen atoms in total. The van der Waals surface area contributed by atoms with E-state index in [0.29, 0.717) is 6.42 Å². The molecular weight excluding hydrogens is 328 g/mol. The first kappa shape index (κ1) is 22.8. The van der Waals surface area contributed by atoms with Crippen LogP contribution in [0.15, 0.2) is 0 Å². The van der Waals surface area contributed by atoms with Gasteiger partial charge in [0, 0.05) is 0 Å². The molecule has 9 heteroatoms. The third kappa shape index (κ3) is 9.04. The molecule has 0 aliphatic rings. The topological polar surface area (TPSA) is 151 Å². The van der Waals surface area contributed by atoms with Crippen molar-refractivity contribution in [3.63, 3.8) is 0 Å². The van der Waals surface area contributed by atoms with Gasteiger partial charge in [0.15, 0.2) is 0 Å². The molecule has 25 heavy (non-hydrogen) atoms. The molecule has 0 heterocycles. The van der Waals surface area contributed by atoms with E-state index in [1.807, 2.05) is 13.8 Å². The van der Waals surface area contributed by atoms with Crippen LogP contribution in [-0.4, -0.2) is 53.5 Å². The first-order valence-corrected chi connectivity index (χ1v) is 8.31. The molecule has 0 rings (SSSR count). The van der Waals surface area contributed by atoms with E-state index in [9.17, 15) is 19.2 Å². The summed E-state index contributed by atoms with van der Waals surface area (Å²) in [5, 5.41) is 16.2. The summed E-state index contributed by atoms with van der Waals surface area (Å²) >= 11 is 0. The van der Waals surface area contributed by atoms with E-state index in [1.165, 1.54) is 6.92 Å². The fraction of sp³-hybridized carbons (Fsp3) is 0.750. The first-order chi connectivity index (χ1) is 11.5. The predicted octanol–water partition coefficient (Wildman–Crippen LogP) is -0.794. The number of carboxylic acid groups (broad SMARTS) is 1. The van der Waals surface area contributed by atoms with Crippen molar-refractivity contribution in [2.24, 2.45) is 17.6 Å². The molecule has 0 aliphatic carbocycles. The van der Waals surface area contributed by atoms with E-state index in [2.05, 4.69) is 16.0 Å². The molecule has 0 saturated heterocycles. The Balaban J connectivity index is 4.38. The molecule has 0 radical (unpaired) electrons. The van der Waals surface area contributed by atoms with E-state index >= 15 is 0 Å². The molecule has 0 aliphatic heterocycles. The minimum atomic E-state index is -1.14. The van der Waals surface area contributed by atoms with E-state index in [4.69, 9.17) is 10.8 Å². The lowest BCUT2D eigenvalue weighted by molar-refractivity contribution is -0.143. The van der Waals surface area contributed by atoms with E-state index < -0.39 is 41.8 Å². The molecule has 0 spiro atoms. The van der Waals surface area contributed by atoms with Gasteiger partial charge in [-0.05, 0) is 25.2 Å². The fourth-order valence-electron chi connectivity index (χ4n) is 2.06. The minimum absolute atomic E-state index is 0.247. The van der Waals surface area contributed by atoms with Crippen molar-refractivity contribution in [1.82, 2.24) is 16.0 Å². The molecule has 0 bridgehead atoms. The van der Waals surface area contributed by atoms with Gasteiger partial charge in [0.2, 0.25) is 17.7 Å². The second-order valence-electron chi connectivity index (χ2n) is 6.81. The third-order valence-electron chi connectivity index (χ3n) is 3.49. The van der Waals surface area contributed by atoms with Gasteiger partial charge in [-0.1, -0.05) is 27.7 Å². The summed E-state index contributed by atoms with van der Waals surface area (Å²) in [7, 11) is 0. The van der Waals surface area contributed by atoms with Gasteiger partial charge in [-0.2, -0.15) is 0 Å². The van der Waals surface area contributed by atoms with Crippen LogP contribution in [0.4, 0.5) is 0 Å². The quantitative estimate of drug-likeness (QED) is 0.345. The van der Waals surface area contributed by atoms with Gasteiger partial charge in [-0.15, -0.1) is 0 Å². The number of carboxylic acids is 1. The number of nitrogens with one attached hydrogen (secondary N) is 3. The Morgan fingerprint density at radius 2 is 1.52 bits per heavy atom. The van der Waals surface area contributed by atoms with Crippen LogP contribution in [-0.2, 0) is 19.2 Å². The Hall–Kier alpha value is -2.16. The molecular formula is C16H30N4O5. The van der Waals surface area contributed by atoms with Gasteiger partial charge in [-0.3, -0.25) is 14.4 Å². The number of hydrogen-bond acceptors (Lipinski definition) is 5. The van der Waals surface area contributed by atoms with E-state index in [1.54, 1.807) is 13.8 Å². The summed E-state index contributed by atoms with van der Waals surface area (Å²) in [4.78, 5) is 46.6. The third-order valence-corrected chi connectivity index (χ3v) is 3.49. The standard InChI is InChI=1S/C16H30N4O5/c1-8(2)6-11(17)15(23)19-10(5)14(22)18-7-12(21)20-13(9(3)4)16(24)25/h8-11,13H,6-7,17H2,1-5H3,(H,18,22)(H,19,23)(H,20,21)(H,24,25). The Morgan fingerprint density at radius 1 is 0.960 bits per heavy atom. The normalized spacial score (nSPS) is 14.6. The molecule has 0 aromatic rings. The van der Waals surface area contributed by atoms with E-state index in [0.717, 1.165) is 0 Å². The largest absolute Gasteiger partial charge is 0.480 e. The van der Waals surface area contributed by atoms with Crippen LogP contribution >= 0.6 is 0 Å². The number of nitrogens with two attached hydrogens (primary N) is 1. The monoisotopic (exact) mass is 358 g/mol. The number of rotatable bonds is 10. The number of carbonyl (C=O) groups excluding carboxylic acids is 3. The van der Waals surface area contributed by atoms with Gasteiger partial charge in [0.25, 0.3) is 0 Å². The lowest BCUT2D eigenvalue weighted by atomic mass is 10.0. The molecule has 3 atom stereocenters. The van der Waals surface area contributed by atoms with Crippen molar-refractivity contribution in [3.05, 3.63) is 0 Å². The van der Waals surface area contributed by atoms with Gasteiger partial charge in [-0.25, -0.2) is 4.79 Å². The van der Waals surface area contributed by atoms with Crippen LogP contribution in [0, 0.1) is 11.8 Å². The Kier molecular flexibility index (Phi) is 9.73. The maximum absolute atomic E-state index is 11.9. The van der Waals surface area contributed by atoms with Crippen molar-refractivity contribution < 1.29 is 24.3 Å². The van der Waals surface area contributed by atoms with Crippen LogP contribution in [0.1, 0.15) is 41.0 Å². The highest BCUT2D eigenvalue weighted by atomic mass is 16.4. The van der Waals surface area contributed by atoms with Gasteiger partial charge >= 0.3 is 5.97 Å². The molecule has 3 unspecified atom stereocenters. The summed E-state index contributed by atoms with van der Waals surface area (Å²) in [6.07, 6.45) is 0.494. The Bertz CT molecular complexity index is 493. The Labute approximate surface area is 148 Å². The maximum Gasteiger partial charge on any atom is 0.326 e. The van der Waals surface area contributed by atoms with E-state index in [-0.39, 0.29) is 18.4 Å². The first-order valence-electron chi connectivity index (χ1n) is 8.31. The van der Waals surface area contributed by atoms with Crippen LogP contribution in [0.25, 0.3) is 0 Å². The number of carbonyl (C=O) groups is 4. The molecule has 0 saturated carbocycles. The average Bonchev–Trinajstić information content (AvgIpc) is 2.48. The molecule has 0 aromatic heterocycles. The smallest absolute Gasteiger partial charge is 0.326 e. The highest BCUT2D eigenvalue weighted by molar-refractivity contribution is 5.92. The zero-order chi connectivity index (χ0) is 19.7. The van der Waals surface area contributed by atoms with Gasteiger partial charge in [0.05, 0.1) is 12.6 Å². The number of amides is 3. The molecule has 0 fully saturated rings. The van der Waals surface area contributed by atoms with Crippen molar-refractivity contribution in [2.75, 3.05) is 6.54 Å².